The number of carbonyl (C=O) groups is 8. The fraction of sp³-hybridized carbons (Fsp3) is 0.409. The molecule has 16 nitrogen and oxygen atoms in total. The summed E-state index contributed by atoms with van der Waals surface area (Å²) in [4.78, 5) is 104. The molecule has 4 atom stereocenters. The molecule has 4 amide bonds. The molecule has 0 aliphatic rings. The minimum absolute atomic E-state index is 0.0548. The van der Waals surface area contributed by atoms with Crippen molar-refractivity contribution in [2.24, 2.45) is 5.92 Å². The van der Waals surface area contributed by atoms with E-state index in [4.69, 9.17) is 4.74 Å². The molecule has 3 aromatic carbocycles. The van der Waals surface area contributed by atoms with Gasteiger partial charge in [0.2, 0.25) is 23.6 Å². The number of fused-ring (bicyclic) bond motifs is 2. The Hall–Kier alpha value is -6.58. The number of aromatic nitrogens is 1. The predicted octanol–water partition coefficient (Wildman–Crippen LogP) is 3.89. The van der Waals surface area contributed by atoms with Gasteiger partial charge in [0, 0.05) is 43.8 Å². The van der Waals surface area contributed by atoms with Gasteiger partial charge >= 0.3 is 17.9 Å². The number of Topliss-reactive ketones (excluding diaryl/α,β-unsaturated/α-hetero) is 1. The Morgan fingerprint density at radius 3 is 1.80 bits per heavy atom. The number of hydrogen-bond acceptors (Lipinski definition) is 10. The van der Waals surface area contributed by atoms with Crippen LogP contribution in [0, 0.1) is 5.92 Å². The van der Waals surface area contributed by atoms with Gasteiger partial charge in [-0.3, -0.25) is 38.4 Å². The monoisotopic (exact) mass is 829 g/mol. The van der Waals surface area contributed by atoms with Gasteiger partial charge in [-0.2, -0.15) is 0 Å². The average Bonchev–Trinajstić information content (AvgIpc) is 3.58. The first-order valence-electron chi connectivity index (χ1n) is 19.5. The van der Waals surface area contributed by atoms with Crippen molar-refractivity contribution >= 4 is 69.0 Å². The minimum atomic E-state index is -1.58. The van der Waals surface area contributed by atoms with Gasteiger partial charge in [-0.1, -0.05) is 80.6 Å². The lowest BCUT2D eigenvalue weighted by molar-refractivity contribution is -0.155. The highest BCUT2D eigenvalue weighted by molar-refractivity contribution is 5.97. The number of ketones is 1. The van der Waals surface area contributed by atoms with Crippen molar-refractivity contribution < 1.29 is 52.9 Å². The van der Waals surface area contributed by atoms with Crippen LogP contribution in [0.1, 0.15) is 73.3 Å². The van der Waals surface area contributed by atoms with E-state index in [9.17, 15) is 43.5 Å². The third kappa shape index (κ3) is 16.0. The van der Waals surface area contributed by atoms with E-state index >= 15 is 0 Å². The zero-order valence-electron chi connectivity index (χ0n) is 35.0. The van der Waals surface area contributed by atoms with Crippen molar-refractivity contribution in [2.45, 2.75) is 104 Å². The number of aliphatic carboxylic acids is 1. The molecule has 0 saturated carbocycles. The van der Waals surface area contributed by atoms with Crippen LogP contribution < -0.4 is 21.3 Å². The summed E-state index contributed by atoms with van der Waals surface area (Å²) in [7, 11) is 0. The van der Waals surface area contributed by atoms with E-state index in [2.05, 4.69) is 79.5 Å². The maximum Gasteiger partial charge on any atom is 0.306 e. The highest BCUT2D eigenvalue weighted by Crippen LogP contribution is 2.20. The molecule has 0 fully saturated rings. The molecule has 4 unspecified atom stereocenters. The molecule has 0 aliphatic carbocycles. The van der Waals surface area contributed by atoms with Crippen molar-refractivity contribution in [1.29, 1.82) is 0 Å². The number of amides is 4. The summed E-state index contributed by atoms with van der Waals surface area (Å²) >= 11 is 0. The second-order valence-electron chi connectivity index (χ2n) is 15.5. The fourth-order valence-electron chi connectivity index (χ4n) is 6.05. The van der Waals surface area contributed by atoms with Crippen LogP contribution in [0.15, 0.2) is 79.0 Å². The van der Waals surface area contributed by atoms with Crippen LogP contribution in [0.25, 0.3) is 21.7 Å². The molecule has 0 spiro atoms. The van der Waals surface area contributed by atoms with E-state index < -0.39 is 96.0 Å². The number of carbonyl (C=O) groups excluding carboxylic acids is 7. The average molecular weight is 830 g/mol. The highest BCUT2D eigenvalue weighted by atomic mass is 16.6. The predicted molar refractivity (Wildman–Crippen MR) is 223 cm³/mol. The van der Waals surface area contributed by atoms with Gasteiger partial charge in [-0.05, 0) is 55.5 Å². The van der Waals surface area contributed by atoms with Crippen molar-refractivity contribution in [3.63, 3.8) is 0 Å². The topological polar surface area (TPSA) is 239 Å². The van der Waals surface area contributed by atoms with Crippen LogP contribution in [0.5, 0.6) is 0 Å². The van der Waals surface area contributed by atoms with Gasteiger partial charge in [0.05, 0.1) is 6.42 Å². The minimum Gasteiger partial charge on any atom is -0.481 e. The maximum atomic E-state index is 13.7. The van der Waals surface area contributed by atoms with Crippen LogP contribution in [-0.4, -0.2) is 93.8 Å². The van der Waals surface area contributed by atoms with Crippen LogP contribution in [0.2, 0.25) is 0 Å². The van der Waals surface area contributed by atoms with Crippen molar-refractivity contribution in [3.05, 3.63) is 84.6 Å². The quantitative estimate of drug-likeness (QED) is 0.0787. The summed E-state index contributed by atoms with van der Waals surface area (Å²) in [5.41, 5.74) is 0.712. The molecule has 322 valence electrons. The van der Waals surface area contributed by atoms with E-state index in [1.165, 1.54) is 17.7 Å². The zero-order chi connectivity index (χ0) is 44.6. The second-order valence-corrected chi connectivity index (χ2v) is 15.5. The Morgan fingerprint density at radius 2 is 1.27 bits per heavy atom. The van der Waals surface area contributed by atoms with Gasteiger partial charge < -0.3 is 40.8 Å². The van der Waals surface area contributed by atoms with E-state index in [0.29, 0.717) is 0 Å². The smallest absolute Gasteiger partial charge is 0.306 e. The molecule has 4 aromatic rings. The first kappa shape index (κ1) is 47.8. The molecule has 4 rings (SSSR count). The number of hydrogen-bond donors (Lipinski definition) is 6. The highest BCUT2D eigenvalue weighted by Gasteiger charge is 2.34. The van der Waals surface area contributed by atoms with Gasteiger partial charge in [0.25, 0.3) is 0 Å². The summed E-state index contributed by atoms with van der Waals surface area (Å²) in [6.07, 6.45) is 0.396. The molecule has 6 N–H and O–H groups in total. The summed E-state index contributed by atoms with van der Waals surface area (Å²) < 4.78 is 10.0. The molecule has 16 heteroatoms. The zero-order valence-corrected chi connectivity index (χ0v) is 35.0. The van der Waals surface area contributed by atoms with Crippen molar-refractivity contribution in [1.82, 2.24) is 26.3 Å². The molecule has 60 heavy (non-hydrogen) atoms. The maximum absolute atomic E-state index is 13.7. The Morgan fingerprint density at radius 1 is 0.717 bits per heavy atom. The van der Waals surface area contributed by atoms with Gasteiger partial charge in [0.15, 0.2) is 12.4 Å². The summed E-state index contributed by atoms with van der Waals surface area (Å²) in [5.74, 6) is -7.36. The number of aromatic amines is 1. The largest absolute Gasteiger partial charge is 0.481 e. The number of nitrogens with one attached hydrogen (secondary N) is 5. The van der Waals surface area contributed by atoms with E-state index in [1.54, 1.807) is 40.8 Å². The molecule has 0 radical (unpaired) electrons. The van der Waals surface area contributed by atoms with Crippen LogP contribution in [0.4, 0.5) is 0 Å². The van der Waals surface area contributed by atoms with Gasteiger partial charge in [-0.25, -0.2) is 0 Å². The standard InChI is InChI=1S/C34H47N5O11.C10H8/c1-18(2)30(33(48)38-25(15-28(43)44)27(42)17-49-20(4)41)39-31(46)24(12-13-29(45)50-34(5,6)7)37-32(47)26(36-19(3)40)14-21-16-35-23-11-9-8-10-22(21)23;1-2-6-10-8-4-3-7-9(10)5-1/h8-11,16,18,24-26,30,35H,12-15,17H2,1-7H3,(H,36,40)(H,37,47)(H,38,48)(H,39,46)(H,43,44);1-8H. The number of ether oxygens (including phenoxy) is 2. The first-order valence-corrected chi connectivity index (χ1v) is 19.5. The van der Waals surface area contributed by atoms with Gasteiger partial charge in [-0.15, -0.1) is 0 Å². The molecule has 1 aromatic heterocycles. The van der Waals surface area contributed by atoms with E-state index in [0.717, 1.165) is 23.4 Å². The second kappa shape index (κ2) is 22.5. The SMILES string of the molecule is CC(=O)NC(Cc1c[nH]c2ccccc12)C(=O)NC(CCC(=O)OC(C)(C)C)C(=O)NC(C(=O)NC(CC(=O)O)C(=O)COC(C)=O)C(C)C.c1ccc2ccccc2c1. The molecular weight excluding hydrogens is 775 g/mol. The number of rotatable bonds is 18. The van der Waals surface area contributed by atoms with Crippen molar-refractivity contribution in [2.75, 3.05) is 6.61 Å². The third-order valence-corrected chi connectivity index (χ3v) is 8.89. The Bertz CT molecular complexity index is 2090. The first-order chi connectivity index (χ1) is 28.2. The normalized spacial score (nSPS) is 13.1. The Labute approximate surface area is 348 Å². The lowest BCUT2D eigenvalue weighted by atomic mass is 10.00. The van der Waals surface area contributed by atoms with Crippen LogP contribution in [-0.2, 0) is 54.3 Å². The van der Waals surface area contributed by atoms with Crippen LogP contribution in [0.3, 0.4) is 0 Å². The number of para-hydroxylation sites is 1. The molecule has 1 heterocycles. The third-order valence-electron chi connectivity index (χ3n) is 8.89. The Kier molecular flexibility index (Phi) is 18.0. The number of H-pyrrole nitrogens is 1. The fourth-order valence-corrected chi connectivity index (χ4v) is 6.05. The Balaban J connectivity index is 0.000000825. The number of esters is 2. The summed E-state index contributed by atoms with van der Waals surface area (Å²) in [5, 5.41) is 22.8. The number of benzene rings is 3. The molecule has 0 saturated heterocycles. The number of carboxylic acids is 1. The molecule has 0 bridgehead atoms. The molecule has 0 aliphatic heterocycles. The van der Waals surface area contributed by atoms with Gasteiger partial charge in [0.1, 0.15) is 29.8 Å². The lowest BCUT2D eigenvalue weighted by Gasteiger charge is -2.28. The summed E-state index contributed by atoms with van der Waals surface area (Å²) in [6, 6.07) is 18.6. The lowest BCUT2D eigenvalue weighted by Crippen LogP contribution is -2.59. The van der Waals surface area contributed by atoms with Crippen LogP contribution >= 0.6 is 0 Å². The van der Waals surface area contributed by atoms with Crippen molar-refractivity contribution in [3.8, 4) is 0 Å². The number of carboxylic acid groups (broad SMARTS) is 1. The summed E-state index contributed by atoms with van der Waals surface area (Å²) in [6.45, 7) is 9.68. The molecular formula is C44H55N5O11. The van der Waals surface area contributed by atoms with E-state index in [-0.39, 0.29) is 19.3 Å². The van der Waals surface area contributed by atoms with E-state index in [1.807, 2.05) is 24.3 Å².